The summed E-state index contributed by atoms with van der Waals surface area (Å²) in [5, 5.41) is 12.5. The summed E-state index contributed by atoms with van der Waals surface area (Å²) < 4.78 is 20.8. The zero-order chi connectivity index (χ0) is 28.7. The van der Waals surface area contributed by atoms with Crippen molar-refractivity contribution >= 4 is 23.2 Å². The number of methoxy groups -OCH3 is 1. The fraction of sp³-hybridized carbons (Fsp3) is 0.333. The van der Waals surface area contributed by atoms with E-state index in [0.29, 0.717) is 48.5 Å². The van der Waals surface area contributed by atoms with E-state index in [0.717, 1.165) is 23.0 Å². The number of benzene rings is 2. The Labute approximate surface area is 231 Å². The highest BCUT2D eigenvalue weighted by Crippen LogP contribution is 2.47. The Bertz CT molecular complexity index is 1590. The minimum absolute atomic E-state index is 0.124. The highest BCUT2D eigenvalue weighted by Gasteiger charge is 2.45. The van der Waals surface area contributed by atoms with Crippen molar-refractivity contribution in [3.8, 4) is 17.0 Å². The molecule has 4 N–H and O–H groups in total. The third-order valence-corrected chi connectivity index (χ3v) is 8.18. The van der Waals surface area contributed by atoms with Crippen LogP contribution in [0.1, 0.15) is 61.3 Å². The van der Waals surface area contributed by atoms with Gasteiger partial charge >= 0.3 is 5.97 Å². The zero-order valence-corrected chi connectivity index (χ0v) is 22.7. The minimum Gasteiger partial charge on any atom is -0.496 e. The first kappa shape index (κ1) is 27.1. The summed E-state index contributed by atoms with van der Waals surface area (Å²) >= 11 is 0. The maximum Gasteiger partial charge on any atom is 0.309 e. The number of fused-ring (bicyclic) bond motifs is 1. The number of imidazole rings is 1. The molecule has 1 aliphatic carbocycles. The Morgan fingerprint density at radius 1 is 1.12 bits per heavy atom. The molecule has 0 unspecified atom stereocenters. The van der Waals surface area contributed by atoms with Crippen molar-refractivity contribution < 1.29 is 23.8 Å². The van der Waals surface area contributed by atoms with Crippen molar-refractivity contribution in [3.05, 3.63) is 77.6 Å². The van der Waals surface area contributed by atoms with E-state index in [1.54, 1.807) is 6.20 Å². The lowest BCUT2D eigenvalue weighted by Gasteiger charge is -2.40. The number of hydrogen-bond donors (Lipinski definition) is 3. The number of amides is 1. The van der Waals surface area contributed by atoms with Gasteiger partial charge in [-0.15, -0.1) is 0 Å². The van der Waals surface area contributed by atoms with Crippen LogP contribution in [-0.4, -0.2) is 38.5 Å². The third kappa shape index (κ3) is 4.85. The predicted molar refractivity (Wildman–Crippen MR) is 149 cm³/mol. The normalized spacial score (nSPS) is 20.8. The number of aliphatic carboxylic acids is 1. The molecule has 9 nitrogen and oxygen atoms in total. The van der Waals surface area contributed by atoms with E-state index in [2.05, 4.69) is 17.2 Å². The van der Waals surface area contributed by atoms with E-state index in [-0.39, 0.29) is 17.5 Å². The van der Waals surface area contributed by atoms with Crippen LogP contribution in [0.4, 0.5) is 10.2 Å². The number of halogens is 1. The monoisotopic (exact) mass is 545 g/mol. The van der Waals surface area contributed by atoms with Crippen molar-refractivity contribution in [2.75, 3.05) is 12.8 Å². The summed E-state index contributed by atoms with van der Waals surface area (Å²) in [5.41, 5.74) is 8.45. The molecule has 10 heteroatoms. The number of carboxylic acids is 1. The molecule has 1 amide bonds. The molecule has 208 valence electrons. The minimum atomic E-state index is -0.761. The summed E-state index contributed by atoms with van der Waals surface area (Å²) in [4.78, 5) is 33.8. The molecule has 1 saturated carbocycles. The standard InChI is InChI=1S/C30H32FN5O4/c1-29(10-12-30(2,13-11-29)28(38)39)27-35-23(24-25(32)33-14-15-36(24)27)19-6-4-18(5-7-19)17-34-26(37)21-16-20(31)8-9-22(21)40-3/h4-9,14-16H,10-13,17H2,1-3H3,(H2,32,33)(H,34,37)(H,38,39). The molecule has 40 heavy (non-hydrogen) atoms. The zero-order valence-electron chi connectivity index (χ0n) is 22.7. The molecule has 0 atom stereocenters. The quantitative estimate of drug-likeness (QED) is 0.298. The van der Waals surface area contributed by atoms with E-state index < -0.39 is 23.1 Å². The van der Waals surface area contributed by atoms with Crippen molar-refractivity contribution in [1.82, 2.24) is 19.7 Å². The molecular weight excluding hydrogens is 513 g/mol. The maximum absolute atomic E-state index is 13.7. The molecule has 0 saturated heterocycles. The number of nitrogens with one attached hydrogen (secondary N) is 1. The number of hydrogen-bond acceptors (Lipinski definition) is 6. The van der Waals surface area contributed by atoms with E-state index in [4.69, 9.17) is 15.5 Å². The van der Waals surface area contributed by atoms with Crippen LogP contribution in [0.3, 0.4) is 0 Å². The number of carbonyl (C=O) groups excluding carboxylic acids is 1. The number of rotatable bonds is 7. The second-order valence-electron chi connectivity index (χ2n) is 11.0. The predicted octanol–water partition coefficient (Wildman–Crippen LogP) is 4.98. The van der Waals surface area contributed by atoms with Gasteiger partial charge < -0.3 is 20.9 Å². The van der Waals surface area contributed by atoms with E-state index >= 15 is 0 Å². The Kier molecular flexibility index (Phi) is 6.95. The highest BCUT2D eigenvalue weighted by molar-refractivity contribution is 5.97. The van der Waals surface area contributed by atoms with E-state index in [1.165, 1.54) is 19.2 Å². The van der Waals surface area contributed by atoms with Crippen molar-refractivity contribution in [3.63, 3.8) is 0 Å². The smallest absolute Gasteiger partial charge is 0.309 e. The van der Waals surface area contributed by atoms with Gasteiger partial charge in [-0.3, -0.25) is 14.0 Å². The second-order valence-corrected chi connectivity index (χ2v) is 11.0. The summed E-state index contributed by atoms with van der Waals surface area (Å²) in [5.74, 6) is -0.242. The number of anilines is 1. The summed E-state index contributed by atoms with van der Waals surface area (Å²) in [6.07, 6.45) is 5.98. The Morgan fingerprint density at radius 3 is 2.48 bits per heavy atom. The van der Waals surface area contributed by atoms with Gasteiger partial charge in [-0.2, -0.15) is 0 Å². The van der Waals surface area contributed by atoms with Crippen LogP contribution in [-0.2, 0) is 16.8 Å². The molecule has 4 aromatic rings. The topological polar surface area (TPSA) is 132 Å². The van der Waals surface area contributed by atoms with Gasteiger partial charge in [0.1, 0.15) is 34.4 Å². The third-order valence-electron chi connectivity index (χ3n) is 8.18. The van der Waals surface area contributed by atoms with Gasteiger partial charge in [0.2, 0.25) is 0 Å². The number of nitrogen functional groups attached to an aromatic ring is 1. The van der Waals surface area contributed by atoms with E-state index in [1.807, 2.05) is 41.8 Å². The van der Waals surface area contributed by atoms with Gasteiger partial charge in [0.15, 0.2) is 0 Å². The molecule has 1 fully saturated rings. The van der Waals surface area contributed by atoms with Crippen LogP contribution in [0.5, 0.6) is 5.75 Å². The molecule has 2 heterocycles. The average Bonchev–Trinajstić information content (AvgIpc) is 3.35. The lowest BCUT2D eigenvalue weighted by molar-refractivity contribution is -0.150. The van der Waals surface area contributed by atoms with Crippen molar-refractivity contribution in [2.45, 2.75) is 51.5 Å². The second kappa shape index (κ2) is 10.3. The number of ether oxygens (including phenoxy) is 1. The van der Waals surface area contributed by atoms with Crippen molar-refractivity contribution in [2.24, 2.45) is 5.41 Å². The van der Waals surface area contributed by atoms with Crippen LogP contribution < -0.4 is 15.8 Å². The molecule has 2 aromatic carbocycles. The van der Waals surface area contributed by atoms with Crippen molar-refractivity contribution in [1.29, 1.82) is 0 Å². The Balaban J connectivity index is 1.40. The molecule has 0 bridgehead atoms. The first-order chi connectivity index (χ1) is 19.0. The van der Waals surface area contributed by atoms with Gasteiger partial charge in [-0.1, -0.05) is 31.2 Å². The fourth-order valence-electron chi connectivity index (χ4n) is 5.40. The first-order valence-electron chi connectivity index (χ1n) is 13.1. The van der Waals surface area contributed by atoms with Gasteiger partial charge in [-0.25, -0.2) is 14.4 Å². The highest BCUT2D eigenvalue weighted by atomic mass is 19.1. The summed E-state index contributed by atoms with van der Waals surface area (Å²) in [6.45, 7) is 4.17. The van der Waals surface area contributed by atoms with Crippen LogP contribution >= 0.6 is 0 Å². The average molecular weight is 546 g/mol. The summed E-state index contributed by atoms with van der Waals surface area (Å²) in [6, 6.07) is 11.4. The van der Waals surface area contributed by atoms with Crippen LogP contribution in [0.15, 0.2) is 54.9 Å². The number of nitrogens with zero attached hydrogens (tertiary/aromatic N) is 3. The molecule has 2 aromatic heterocycles. The SMILES string of the molecule is COc1ccc(F)cc1C(=O)NCc1ccc(-c2nc(C3(C)CCC(C)(C(=O)O)CC3)n3ccnc(N)c23)cc1. The molecule has 0 aliphatic heterocycles. The lowest BCUT2D eigenvalue weighted by Crippen LogP contribution is -2.39. The number of carbonyl (C=O) groups is 2. The van der Waals surface area contributed by atoms with Gasteiger partial charge in [0, 0.05) is 29.9 Å². The van der Waals surface area contributed by atoms with Crippen LogP contribution in [0.2, 0.25) is 0 Å². The maximum atomic E-state index is 13.7. The fourth-order valence-corrected chi connectivity index (χ4v) is 5.40. The van der Waals surface area contributed by atoms with Crippen LogP contribution in [0.25, 0.3) is 16.8 Å². The molecule has 0 spiro atoms. The molecule has 0 radical (unpaired) electrons. The van der Waals surface area contributed by atoms with E-state index in [9.17, 15) is 19.1 Å². The first-order valence-corrected chi connectivity index (χ1v) is 13.1. The molecule has 1 aliphatic rings. The Morgan fingerprint density at radius 2 is 1.82 bits per heavy atom. The number of aromatic nitrogens is 3. The van der Waals surface area contributed by atoms with Gasteiger partial charge in [0.25, 0.3) is 5.91 Å². The van der Waals surface area contributed by atoms with Crippen LogP contribution in [0, 0.1) is 11.2 Å². The van der Waals surface area contributed by atoms with Gasteiger partial charge in [0.05, 0.1) is 18.1 Å². The Hall–Kier alpha value is -4.47. The number of nitrogens with two attached hydrogens (primary N) is 1. The molecule has 5 rings (SSSR count). The molecular formula is C30H32FN5O4. The van der Waals surface area contributed by atoms with Gasteiger partial charge in [-0.05, 0) is 56.4 Å². The largest absolute Gasteiger partial charge is 0.496 e. The number of carboxylic acid groups (broad SMARTS) is 1. The summed E-state index contributed by atoms with van der Waals surface area (Å²) in [7, 11) is 1.43. The lowest BCUT2D eigenvalue weighted by atomic mass is 9.65.